The van der Waals surface area contributed by atoms with Gasteiger partial charge in [0.25, 0.3) is 0 Å². The average Bonchev–Trinajstić information content (AvgIpc) is 2.59. The van der Waals surface area contributed by atoms with Crippen molar-refractivity contribution >= 4 is 11.6 Å². The van der Waals surface area contributed by atoms with Crippen molar-refractivity contribution in [3.05, 3.63) is 39.1 Å². The smallest absolute Gasteiger partial charge is 0.296 e. The summed E-state index contributed by atoms with van der Waals surface area (Å²) in [7, 11) is 0. The predicted molar refractivity (Wildman–Crippen MR) is 52.3 cm³/mol. The van der Waals surface area contributed by atoms with Crippen molar-refractivity contribution in [1.29, 1.82) is 0 Å². The van der Waals surface area contributed by atoms with Crippen LogP contribution in [0.3, 0.4) is 0 Å². The Morgan fingerprint density at radius 2 is 2.27 bits per heavy atom. The molecule has 0 radical (unpaired) electrons. The van der Waals surface area contributed by atoms with Crippen LogP contribution in [0.15, 0.2) is 21.5 Å². The molecule has 0 saturated heterocycles. The van der Waals surface area contributed by atoms with Crippen molar-refractivity contribution in [2.45, 2.75) is 6.92 Å². The molecule has 1 aromatic carbocycles. The first-order valence-electron chi connectivity index (χ1n) is 4.10. The van der Waals surface area contributed by atoms with E-state index >= 15 is 0 Å². The third kappa shape index (κ3) is 1.66. The van der Waals surface area contributed by atoms with Crippen LogP contribution in [0.4, 0.5) is 4.39 Å². The maximum absolute atomic E-state index is 13.6. The third-order valence-electron chi connectivity index (χ3n) is 1.98. The molecule has 1 aromatic heterocycles. The second-order valence-corrected chi connectivity index (χ2v) is 3.40. The standard InChI is InChI=1S/C9H6ClFN2O2/c1-4-2-3-5(10)7(11)6(4)8-12-9(14)15-13-8/h2-3H,1H3,(H,12,13,14). The molecule has 0 spiro atoms. The maximum atomic E-state index is 13.6. The van der Waals surface area contributed by atoms with Gasteiger partial charge in [0, 0.05) is 0 Å². The Kier molecular flexibility index (Phi) is 2.32. The van der Waals surface area contributed by atoms with Crippen LogP contribution in [0.25, 0.3) is 11.4 Å². The van der Waals surface area contributed by atoms with Crippen LogP contribution >= 0.6 is 11.6 Å². The second-order valence-electron chi connectivity index (χ2n) is 3.00. The van der Waals surface area contributed by atoms with Crippen LogP contribution in [0, 0.1) is 12.7 Å². The van der Waals surface area contributed by atoms with Crippen molar-refractivity contribution in [1.82, 2.24) is 10.1 Å². The van der Waals surface area contributed by atoms with Crippen LogP contribution in [-0.4, -0.2) is 10.1 Å². The Morgan fingerprint density at radius 1 is 1.53 bits per heavy atom. The van der Waals surface area contributed by atoms with Gasteiger partial charge < -0.3 is 0 Å². The Bertz CT molecular complexity index is 561. The van der Waals surface area contributed by atoms with E-state index in [4.69, 9.17) is 11.6 Å². The number of aromatic nitrogens is 2. The molecule has 0 aliphatic heterocycles. The number of benzene rings is 1. The van der Waals surface area contributed by atoms with Gasteiger partial charge >= 0.3 is 5.76 Å². The number of nitrogens with one attached hydrogen (secondary N) is 1. The first-order valence-corrected chi connectivity index (χ1v) is 4.48. The molecule has 0 aliphatic rings. The largest absolute Gasteiger partial charge is 0.439 e. The highest BCUT2D eigenvalue weighted by Gasteiger charge is 2.15. The van der Waals surface area contributed by atoms with Crippen LogP contribution in [-0.2, 0) is 0 Å². The number of rotatable bonds is 1. The first-order chi connectivity index (χ1) is 7.09. The molecule has 1 heterocycles. The normalized spacial score (nSPS) is 10.6. The minimum atomic E-state index is -0.733. The lowest BCUT2D eigenvalue weighted by molar-refractivity contribution is 0.387. The molecular weight excluding hydrogens is 223 g/mol. The van der Waals surface area contributed by atoms with Gasteiger partial charge in [-0.3, -0.25) is 9.51 Å². The number of hydrogen-bond donors (Lipinski definition) is 1. The van der Waals surface area contributed by atoms with E-state index in [0.29, 0.717) is 5.56 Å². The van der Waals surface area contributed by atoms with Gasteiger partial charge in [0.1, 0.15) is 0 Å². The Morgan fingerprint density at radius 3 is 2.87 bits per heavy atom. The monoisotopic (exact) mass is 228 g/mol. The van der Waals surface area contributed by atoms with Gasteiger partial charge in [-0.1, -0.05) is 22.8 Å². The molecule has 1 N–H and O–H groups in total. The summed E-state index contributed by atoms with van der Waals surface area (Å²) in [5.41, 5.74) is 0.759. The van der Waals surface area contributed by atoms with Crippen molar-refractivity contribution in [3.8, 4) is 11.4 Å². The molecule has 0 amide bonds. The zero-order chi connectivity index (χ0) is 11.0. The topological polar surface area (TPSA) is 58.9 Å². The van der Waals surface area contributed by atoms with E-state index in [1.54, 1.807) is 13.0 Å². The first kappa shape index (κ1) is 9.92. The molecule has 0 bridgehead atoms. The van der Waals surface area contributed by atoms with Gasteiger partial charge in [0.2, 0.25) is 0 Å². The van der Waals surface area contributed by atoms with E-state index in [9.17, 15) is 9.18 Å². The molecule has 4 nitrogen and oxygen atoms in total. The summed E-state index contributed by atoms with van der Waals surface area (Å²) in [4.78, 5) is 13.0. The Hall–Kier alpha value is -1.62. The highest BCUT2D eigenvalue weighted by molar-refractivity contribution is 6.31. The highest BCUT2D eigenvalue weighted by atomic mass is 35.5. The zero-order valence-corrected chi connectivity index (χ0v) is 8.43. The minimum Gasteiger partial charge on any atom is -0.296 e. The quantitative estimate of drug-likeness (QED) is 0.814. The molecule has 15 heavy (non-hydrogen) atoms. The summed E-state index contributed by atoms with van der Waals surface area (Å²) in [5, 5.41) is 3.38. The Balaban J connectivity index is 2.71. The fourth-order valence-corrected chi connectivity index (χ4v) is 1.43. The molecule has 0 aliphatic carbocycles. The van der Waals surface area contributed by atoms with E-state index in [1.165, 1.54) is 6.07 Å². The lowest BCUT2D eigenvalue weighted by Gasteiger charge is -2.03. The summed E-state index contributed by atoms with van der Waals surface area (Å²) < 4.78 is 17.9. The van der Waals surface area contributed by atoms with Gasteiger partial charge in [-0.15, -0.1) is 0 Å². The molecule has 6 heteroatoms. The number of halogens is 2. The van der Waals surface area contributed by atoms with Crippen LogP contribution in [0.2, 0.25) is 5.02 Å². The lowest BCUT2D eigenvalue weighted by Crippen LogP contribution is -1.97. The SMILES string of the molecule is Cc1ccc(Cl)c(F)c1-c1noc(=O)[nH]1. The molecule has 0 fully saturated rings. The van der Waals surface area contributed by atoms with E-state index in [0.717, 1.165) is 0 Å². The molecular formula is C9H6ClFN2O2. The van der Waals surface area contributed by atoms with Gasteiger partial charge in [-0.25, -0.2) is 9.18 Å². The van der Waals surface area contributed by atoms with Crippen molar-refractivity contribution in [3.63, 3.8) is 0 Å². The van der Waals surface area contributed by atoms with Crippen molar-refractivity contribution in [2.24, 2.45) is 0 Å². The van der Waals surface area contributed by atoms with Crippen LogP contribution in [0.5, 0.6) is 0 Å². The summed E-state index contributed by atoms with van der Waals surface area (Å²) in [6.45, 7) is 1.68. The average molecular weight is 229 g/mol. The van der Waals surface area contributed by atoms with Gasteiger partial charge in [0.15, 0.2) is 11.6 Å². The van der Waals surface area contributed by atoms with Crippen LogP contribution < -0.4 is 5.76 Å². The van der Waals surface area contributed by atoms with Crippen molar-refractivity contribution < 1.29 is 8.91 Å². The summed E-state index contributed by atoms with van der Waals surface area (Å²) in [5.74, 6) is -1.32. The fourth-order valence-electron chi connectivity index (χ4n) is 1.28. The minimum absolute atomic E-state index is 0.0283. The van der Waals surface area contributed by atoms with E-state index < -0.39 is 11.6 Å². The van der Waals surface area contributed by atoms with Crippen LogP contribution in [0.1, 0.15) is 5.56 Å². The molecule has 0 saturated carbocycles. The van der Waals surface area contributed by atoms with E-state index in [2.05, 4.69) is 14.7 Å². The zero-order valence-electron chi connectivity index (χ0n) is 7.67. The Labute approximate surface area is 88.7 Å². The number of H-pyrrole nitrogens is 1. The fraction of sp³-hybridized carbons (Fsp3) is 0.111. The summed E-state index contributed by atoms with van der Waals surface area (Å²) in [6.07, 6.45) is 0. The van der Waals surface area contributed by atoms with Gasteiger partial charge in [-0.05, 0) is 18.6 Å². The van der Waals surface area contributed by atoms with E-state index in [-0.39, 0.29) is 16.4 Å². The summed E-state index contributed by atoms with van der Waals surface area (Å²) in [6, 6.07) is 3.07. The molecule has 0 unspecified atom stereocenters. The van der Waals surface area contributed by atoms with E-state index in [1.807, 2.05) is 0 Å². The molecule has 2 aromatic rings. The lowest BCUT2D eigenvalue weighted by atomic mass is 10.1. The second kappa shape index (κ2) is 3.51. The number of aromatic amines is 1. The highest BCUT2D eigenvalue weighted by Crippen LogP contribution is 2.27. The number of hydrogen-bond acceptors (Lipinski definition) is 3. The number of nitrogens with zero attached hydrogens (tertiary/aromatic N) is 1. The maximum Gasteiger partial charge on any atom is 0.439 e. The molecule has 0 atom stereocenters. The summed E-state index contributed by atoms with van der Waals surface area (Å²) >= 11 is 5.62. The predicted octanol–water partition coefficient (Wildman–Crippen LogP) is 2.13. The van der Waals surface area contributed by atoms with Gasteiger partial charge in [0.05, 0.1) is 10.6 Å². The number of aryl methyl sites for hydroxylation is 1. The van der Waals surface area contributed by atoms with Crippen molar-refractivity contribution in [2.75, 3.05) is 0 Å². The molecule has 2 rings (SSSR count). The molecule has 78 valence electrons. The van der Waals surface area contributed by atoms with Gasteiger partial charge in [-0.2, -0.15) is 0 Å². The third-order valence-corrected chi connectivity index (χ3v) is 2.27.